The maximum Gasteiger partial charge on any atom is 0.404 e. The lowest BCUT2D eigenvalue weighted by atomic mass is 10.0. The molecule has 1 aromatic heterocycles. The molecular formula is C23H25N5O2. The molecule has 7 nitrogen and oxygen atoms in total. The predicted molar refractivity (Wildman–Crippen MR) is 115 cm³/mol. The molecule has 0 atom stereocenters. The van der Waals surface area contributed by atoms with E-state index in [1.807, 2.05) is 30.6 Å². The molecule has 2 aromatic carbocycles. The maximum atomic E-state index is 9.49. The number of aromatic nitrogens is 3. The van der Waals surface area contributed by atoms with Crippen LogP contribution in [0, 0.1) is 11.3 Å². The minimum atomic E-state index is -0.961. The summed E-state index contributed by atoms with van der Waals surface area (Å²) in [7, 11) is 0. The summed E-state index contributed by atoms with van der Waals surface area (Å²) in [5.41, 5.74) is 4.02. The van der Waals surface area contributed by atoms with E-state index in [0.29, 0.717) is 18.2 Å². The summed E-state index contributed by atoms with van der Waals surface area (Å²) in [5, 5.41) is 27.3. The van der Waals surface area contributed by atoms with Gasteiger partial charge in [0.2, 0.25) is 0 Å². The lowest BCUT2D eigenvalue weighted by molar-refractivity contribution is 0.195. The van der Waals surface area contributed by atoms with Crippen molar-refractivity contribution >= 4 is 6.09 Å². The molecule has 154 valence electrons. The molecule has 1 heterocycles. The fourth-order valence-corrected chi connectivity index (χ4v) is 3.60. The molecule has 1 aliphatic carbocycles. The van der Waals surface area contributed by atoms with E-state index in [1.165, 1.54) is 25.7 Å². The van der Waals surface area contributed by atoms with Gasteiger partial charge in [0, 0.05) is 18.2 Å². The van der Waals surface area contributed by atoms with Gasteiger partial charge in [-0.3, -0.25) is 0 Å². The first-order valence-corrected chi connectivity index (χ1v) is 10.1. The van der Waals surface area contributed by atoms with Crippen LogP contribution in [0.2, 0.25) is 0 Å². The Morgan fingerprint density at radius 1 is 1.10 bits per heavy atom. The number of nitriles is 1. The first kappa shape index (κ1) is 21.1. The van der Waals surface area contributed by atoms with Gasteiger partial charge in [0.05, 0.1) is 11.6 Å². The van der Waals surface area contributed by atoms with E-state index >= 15 is 0 Å². The molecule has 4 rings (SSSR count). The number of rotatable bonds is 4. The fourth-order valence-electron chi connectivity index (χ4n) is 3.60. The summed E-state index contributed by atoms with van der Waals surface area (Å²) in [6, 6.07) is 18.7. The van der Waals surface area contributed by atoms with E-state index in [2.05, 4.69) is 50.4 Å². The van der Waals surface area contributed by atoms with Crippen LogP contribution in [-0.4, -0.2) is 32.5 Å². The molecule has 0 spiro atoms. The molecule has 1 fully saturated rings. The molecule has 0 saturated heterocycles. The standard InChI is InChI=1S/C20H18N4.C3H7NO2/c21-13-15-5-7-16(8-6-15)17-9-11-18(12-10-17)20-23-22-14-24(20)19-3-1-2-4-19;1-2-4-3(5)6/h5-12,14,19H,1-4H2;4H,2H2,1H3,(H,5,6). The van der Waals surface area contributed by atoms with Crippen molar-refractivity contribution in [3.63, 3.8) is 0 Å². The van der Waals surface area contributed by atoms with Gasteiger partial charge in [0.1, 0.15) is 6.33 Å². The van der Waals surface area contributed by atoms with E-state index in [9.17, 15) is 4.79 Å². The number of nitrogens with one attached hydrogen (secondary N) is 1. The Morgan fingerprint density at radius 2 is 1.67 bits per heavy atom. The van der Waals surface area contributed by atoms with Crippen LogP contribution in [0.3, 0.4) is 0 Å². The van der Waals surface area contributed by atoms with Crippen molar-refractivity contribution in [2.75, 3.05) is 6.54 Å². The average molecular weight is 403 g/mol. The summed E-state index contributed by atoms with van der Waals surface area (Å²) in [6.07, 6.45) is 5.92. The second-order valence-corrected chi connectivity index (χ2v) is 7.10. The molecule has 0 aliphatic heterocycles. The summed E-state index contributed by atoms with van der Waals surface area (Å²) in [6.45, 7) is 2.21. The van der Waals surface area contributed by atoms with Gasteiger partial charge in [-0.25, -0.2) is 4.79 Å². The zero-order chi connectivity index (χ0) is 21.3. The molecule has 3 aromatic rings. The minimum Gasteiger partial charge on any atom is -0.465 e. The van der Waals surface area contributed by atoms with Crippen LogP contribution in [-0.2, 0) is 0 Å². The smallest absolute Gasteiger partial charge is 0.404 e. The number of amides is 1. The van der Waals surface area contributed by atoms with E-state index in [1.54, 1.807) is 6.92 Å². The molecular weight excluding hydrogens is 378 g/mol. The van der Waals surface area contributed by atoms with E-state index < -0.39 is 6.09 Å². The Labute approximate surface area is 176 Å². The summed E-state index contributed by atoms with van der Waals surface area (Å²) in [4.78, 5) is 9.49. The van der Waals surface area contributed by atoms with E-state index in [0.717, 1.165) is 22.5 Å². The van der Waals surface area contributed by atoms with Gasteiger partial charge < -0.3 is 15.0 Å². The second kappa shape index (κ2) is 10.2. The van der Waals surface area contributed by atoms with Crippen LogP contribution in [0.5, 0.6) is 0 Å². The molecule has 0 unspecified atom stereocenters. The lowest BCUT2D eigenvalue weighted by Crippen LogP contribution is -2.19. The zero-order valence-corrected chi connectivity index (χ0v) is 17.0. The highest BCUT2D eigenvalue weighted by molar-refractivity contribution is 5.68. The highest BCUT2D eigenvalue weighted by atomic mass is 16.4. The van der Waals surface area contributed by atoms with Gasteiger partial charge in [0.25, 0.3) is 0 Å². The molecule has 2 N–H and O–H groups in total. The zero-order valence-electron chi connectivity index (χ0n) is 17.0. The summed E-state index contributed by atoms with van der Waals surface area (Å²) in [5.74, 6) is 0.952. The van der Waals surface area contributed by atoms with Crippen molar-refractivity contribution in [3.8, 4) is 28.6 Å². The van der Waals surface area contributed by atoms with Crippen molar-refractivity contribution in [1.29, 1.82) is 5.26 Å². The fraction of sp³-hybridized carbons (Fsp3) is 0.304. The molecule has 0 radical (unpaired) electrons. The van der Waals surface area contributed by atoms with Gasteiger partial charge >= 0.3 is 6.09 Å². The minimum absolute atomic E-state index is 0.481. The lowest BCUT2D eigenvalue weighted by Gasteiger charge is -2.13. The summed E-state index contributed by atoms with van der Waals surface area (Å²) < 4.78 is 2.23. The molecule has 30 heavy (non-hydrogen) atoms. The normalized spacial score (nSPS) is 13.2. The van der Waals surface area contributed by atoms with Crippen LogP contribution in [0.1, 0.15) is 44.2 Å². The number of hydrogen-bond donors (Lipinski definition) is 2. The Hall–Kier alpha value is -3.66. The summed E-state index contributed by atoms with van der Waals surface area (Å²) >= 11 is 0. The highest BCUT2D eigenvalue weighted by Crippen LogP contribution is 2.33. The van der Waals surface area contributed by atoms with Gasteiger partial charge in [-0.1, -0.05) is 49.2 Å². The van der Waals surface area contributed by atoms with Gasteiger partial charge in [-0.15, -0.1) is 10.2 Å². The Bertz CT molecular complexity index is 997. The Balaban J connectivity index is 0.000000377. The monoisotopic (exact) mass is 403 g/mol. The Kier molecular flexibility index (Phi) is 7.17. The van der Waals surface area contributed by atoms with E-state index in [-0.39, 0.29) is 0 Å². The number of carbonyl (C=O) groups is 1. The molecule has 1 aliphatic rings. The van der Waals surface area contributed by atoms with Crippen LogP contribution in [0.25, 0.3) is 22.5 Å². The highest BCUT2D eigenvalue weighted by Gasteiger charge is 2.20. The third kappa shape index (κ3) is 5.23. The van der Waals surface area contributed by atoms with Crippen molar-refractivity contribution in [2.45, 2.75) is 38.6 Å². The van der Waals surface area contributed by atoms with Crippen molar-refractivity contribution in [1.82, 2.24) is 20.1 Å². The predicted octanol–water partition coefficient (Wildman–Crippen LogP) is 4.87. The third-order valence-corrected chi connectivity index (χ3v) is 5.11. The van der Waals surface area contributed by atoms with Crippen LogP contribution < -0.4 is 5.32 Å². The Morgan fingerprint density at radius 3 is 2.17 bits per heavy atom. The van der Waals surface area contributed by atoms with Crippen molar-refractivity contribution < 1.29 is 9.90 Å². The number of hydrogen-bond acceptors (Lipinski definition) is 4. The SMILES string of the molecule is CCNC(=O)O.N#Cc1ccc(-c2ccc(-c3nncn3C3CCCC3)cc2)cc1. The first-order chi connectivity index (χ1) is 14.6. The average Bonchev–Trinajstić information content (AvgIpc) is 3.46. The molecule has 1 amide bonds. The number of benzene rings is 2. The first-order valence-electron chi connectivity index (χ1n) is 10.1. The van der Waals surface area contributed by atoms with Crippen molar-refractivity contribution in [3.05, 3.63) is 60.4 Å². The topological polar surface area (TPSA) is 104 Å². The quantitative estimate of drug-likeness (QED) is 0.646. The molecule has 7 heteroatoms. The van der Waals surface area contributed by atoms with Gasteiger partial charge in [0.15, 0.2) is 5.82 Å². The van der Waals surface area contributed by atoms with Crippen molar-refractivity contribution in [2.24, 2.45) is 0 Å². The van der Waals surface area contributed by atoms with Crippen LogP contribution in [0.4, 0.5) is 4.79 Å². The molecule has 1 saturated carbocycles. The number of nitrogens with zero attached hydrogens (tertiary/aromatic N) is 4. The number of carboxylic acid groups (broad SMARTS) is 1. The van der Waals surface area contributed by atoms with Crippen LogP contribution in [0.15, 0.2) is 54.9 Å². The van der Waals surface area contributed by atoms with Gasteiger partial charge in [-0.05, 0) is 43.0 Å². The van der Waals surface area contributed by atoms with Crippen LogP contribution >= 0.6 is 0 Å². The molecule has 0 bridgehead atoms. The maximum absolute atomic E-state index is 9.49. The van der Waals surface area contributed by atoms with E-state index in [4.69, 9.17) is 10.4 Å². The third-order valence-electron chi connectivity index (χ3n) is 5.11. The van der Waals surface area contributed by atoms with Gasteiger partial charge in [-0.2, -0.15) is 5.26 Å². The second-order valence-electron chi connectivity index (χ2n) is 7.10. The largest absolute Gasteiger partial charge is 0.465 e.